The van der Waals surface area contributed by atoms with Crippen LogP contribution in [0.1, 0.15) is 12.0 Å². The van der Waals surface area contributed by atoms with Gasteiger partial charge in [0.05, 0.1) is 19.0 Å². The highest BCUT2D eigenvalue weighted by atomic mass is 32.1. The minimum absolute atomic E-state index is 0.00633. The molecule has 0 aliphatic heterocycles. The Kier molecular flexibility index (Phi) is 4.30. The van der Waals surface area contributed by atoms with Gasteiger partial charge in [-0.1, -0.05) is 0 Å². The standard InChI is InChI=1S/C13H14N2O2S/c1-17-13-5-3-11(8-14-13)15-12(16)4-2-10-6-7-18-9-10/h3,5-9H,2,4H2,1H3,(H,15,16). The number of hydrogen-bond donors (Lipinski definition) is 1. The Bertz CT molecular complexity index is 494. The topological polar surface area (TPSA) is 51.2 Å². The first-order valence-corrected chi connectivity index (χ1v) is 6.53. The molecule has 0 spiro atoms. The molecule has 0 saturated heterocycles. The predicted octanol–water partition coefficient (Wildman–Crippen LogP) is 2.72. The van der Waals surface area contributed by atoms with Gasteiger partial charge in [-0.3, -0.25) is 4.79 Å². The third-order valence-corrected chi connectivity index (χ3v) is 3.18. The van der Waals surface area contributed by atoms with Crippen LogP contribution in [0.15, 0.2) is 35.2 Å². The third kappa shape index (κ3) is 3.56. The molecular formula is C13H14N2O2S. The van der Waals surface area contributed by atoms with Gasteiger partial charge in [0.15, 0.2) is 0 Å². The number of thiophene rings is 1. The second kappa shape index (κ2) is 6.16. The molecule has 2 rings (SSSR count). The van der Waals surface area contributed by atoms with Crippen molar-refractivity contribution in [2.45, 2.75) is 12.8 Å². The Hall–Kier alpha value is -1.88. The van der Waals surface area contributed by atoms with Crippen LogP contribution in [0.5, 0.6) is 5.88 Å². The average molecular weight is 262 g/mol. The molecule has 0 unspecified atom stereocenters. The molecular weight excluding hydrogens is 248 g/mol. The van der Waals surface area contributed by atoms with Crippen molar-refractivity contribution in [2.75, 3.05) is 12.4 Å². The number of ether oxygens (including phenoxy) is 1. The number of amides is 1. The van der Waals surface area contributed by atoms with Crippen LogP contribution in [0.25, 0.3) is 0 Å². The molecule has 0 aliphatic rings. The monoisotopic (exact) mass is 262 g/mol. The lowest BCUT2D eigenvalue weighted by atomic mass is 10.2. The van der Waals surface area contributed by atoms with E-state index in [0.29, 0.717) is 18.0 Å². The summed E-state index contributed by atoms with van der Waals surface area (Å²) in [5, 5.41) is 6.87. The molecule has 0 radical (unpaired) electrons. The normalized spacial score (nSPS) is 10.1. The van der Waals surface area contributed by atoms with Gasteiger partial charge in [0.1, 0.15) is 0 Å². The van der Waals surface area contributed by atoms with Crippen molar-refractivity contribution >= 4 is 22.9 Å². The molecule has 0 atom stereocenters. The van der Waals surface area contributed by atoms with E-state index in [1.165, 1.54) is 5.56 Å². The van der Waals surface area contributed by atoms with Crippen molar-refractivity contribution < 1.29 is 9.53 Å². The highest BCUT2D eigenvalue weighted by Gasteiger charge is 2.04. The van der Waals surface area contributed by atoms with E-state index < -0.39 is 0 Å². The number of nitrogens with one attached hydrogen (secondary N) is 1. The van der Waals surface area contributed by atoms with E-state index in [-0.39, 0.29) is 5.91 Å². The van der Waals surface area contributed by atoms with Gasteiger partial charge in [0.2, 0.25) is 11.8 Å². The number of aryl methyl sites for hydroxylation is 1. The number of aromatic nitrogens is 1. The summed E-state index contributed by atoms with van der Waals surface area (Å²) in [7, 11) is 1.56. The van der Waals surface area contributed by atoms with Gasteiger partial charge in [0.25, 0.3) is 0 Å². The minimum atomic E-state index is -0.00633. The summed E-state index contributed by atoms with van der Waals surface area (Å²) in [6, 6.07) is 5.52. The molecule has 94 valence electrons. The lowest BCUT2D eigenvalue weighted by molar-refractivity contribution is -0.116. The fourth-order valence-corrected chi connectivity index (χ4v) is 2.19. The number of carbonyl (C=O) groups excluding carboxylic acids is 1. The van der Waals surface area contributed by atoms with E-state index in [4.69, 9.17) is 4.74 Å². The van der Waals surface area contributed by atoms with Crippen LogP contribution in [0.4, 0.5) is 5.69 Å². The summed E-state index contributed by atoms with van der Waals surface area (Å²) >= 11 is 1.64. The van der Waals surface area contributed by atoms with Crippen LogP contribution in [-0.2, 0) is 11.2 Å². The van der Waals surface area contributed by atoms with Crippen molar-refractivity contribution in [2.24, 2.45) is 0 Å². The third-order valence-electron chi connectivity index (χ3n) is 2.45. The van der Waals surface area contributed by atoms with Crippen molar-refractivity contribution in [3.05, 3.63) is 40.7 Å². The van der Waals surface area contributed by atoms with Gasteiger partial charge in [-0.25, -0.2) is 4.98 Å². The van der Waals surface area contributed by atoms with Crippen LogP contribution in [0, 0.1) is 0 Å². The SMILES string of the molecule is COc1ccc(NC(=O)CCc2ccsc2)cn1. The van der Waals surface area contributed by atoms with E-state index in [9.17, 15) is 4.79 Å². The van der Waals surface area contributed by atoms with Crippen molar-refractivity contribution in [1.82, 2.24) is 4.98 Å². The zero-order valence-electron chi connectivity index (χ0n) is 10.1. The molecule has 0 fully saturated rings. The lowest BCUT2D eigenvalue weighted by Gasteiger charge is -2.05. The molecule has 1 N–H and O–H groups in total. The van der Waals surface area contributed by atoms with Crippen LogP contribution in [0.2, 0.25) is 0 Å². The van der Waals surface area contributed by atoms with Gasteiger partial charge >= 0.3 is 0 Å². The number of rotatable bonds is 5. The first-order valence-electron chi connectivity index (χ1n) is 5.59. The Morgan fingerprint density at radius 3 is 2.94 bits per heavy atom. The minimum Gasteiger partial charge on any atom is -0.481 e. The molecule has 2 aromatic rings. The first-order chi connectivity index (χ1) is 8.78. The van der Waals surface area contributed by atoms with Crippen LogP contribution in [0.3, 0.4) is 0 Å². The molecule has 0 saturated carbocycles. The number of hydrogen-bond acceptors (Lipinski definition) is 4. The molecule has 5 heteroatoms. The maximum atomic E-state index is 11.7. The number of methoxy groups -OCH3 is 1. The molecule has 0 aliphatic carbocycles. The summed E-state index contributed by atoms with van der Waals surface area (Å²) in [4.78, 5) is 15.7. The number of nitrogens with zero attached hydrogens (tertiary/aromatic N) is 1. The average Bonchev–Trinajstić information content (AvgIpc) is 2.90. The van der Waals surface area contributed by atoms with Crippen molar-refractivity contribution in [1.29, 1.82) is 0 Å². The molecule has 2 heterocycles. The molecule has 2 aromatic heterocycles. The lowest BCUT2D eigenvalue weighted by Crippen LogP contribution is -2.12. The van der Waals surface area contributed by atoms with Crippen molar-refractivity contribution in [3.63, 3.8) is 0 Å². The number of pyridine rings is 1. The second-order valence-electron chi connectivity index (χ2n) is 3.77. The highest BCUT2D eigenvalue weighted by Crippen LogP contribution is 2.12. The molecule has 18 heavy (non-hydrogen) atoms. The Morgan fingerprint density at radius 1 is 1.44 bits per heavy atom. The maximum Gasteiger partial charge on any atom is 0.224 e. The first kappa shape index (κ1) is 12.6. The molecule has 0 aromatic carbocycles. The molecule has 0 bridgehead atoms. The van der Waals surface area contributed by atoms with Gasteiger partial charge < -0.3 is 10.1 Å². The van der Waals surface area contributed by atoms with E-state index in [1.807, 2.05) is 11.4 Å². The van der Waals surface area contributed by atoms with E-state index >= 15 is 0 Å². The van der Waals surface area contributed by atoms with Gasteiger partial charge in [0, 0.05) is 12.5 Å². The van der Waals surface area contributed by atoms with Crippen LogP contribution in [-0.4, -0.2) is 18.0 Å². The summed E-state index contributed by atoms with van der Waals surface area (Å²) in [6.45, 7) is 0. The Balaban J connectivity index is 1.83. The fourth-order valence-electron chi connectivity index (χ4n) is 1.49. The quantitative estimate of drug-likeness (QED) is 0.901. The largest absolute Gasteiger partial charge is 0.481 e. The Morgan fingerprint density at radius 2 is 2.33 bits per heavy atom. The van der Waals surface area contributed by atoms with Gasteiger partial charge in [-0.2, -0.15) is 11.3 Å². The highest BCUT2D eigenvalue weighted by molar-refractivity contribution is 7.07. The van der Waals surface area contributed by atoms with Gasteiger partial charge in [-0.15, -0.1) is 0 Å². The van der Waals surface area contributed by atoms with E-state index in [2.05, 4.69) is 15.7 Å². The van der Waals surface area contributed by atoms with Crippen LogP contribution < -0.4 is 10.1 Å². The number of anilines is 1. The molecule has 1 amide bonds. The van der Waals surface area contributed by atoms with E-state index in [1.54, 1.807) is 36.8 Å². The maximum absolute atomic E-state index is 11.7. The number of carbonyl (C=O) groups is 1. The summed E-state index contributed by atoms with van der Waals surface area (Å²) in [5.74, 6) is 0.527. The Labute approximate surface area is 110 Å². The van der Waals surface area contributed by atoms with Gasteiger partial charge in [-0.05, 0) is 34.9 Å². The zero-order chi connectivity index (χ0) is 12.8. The van der Waals surface area contributed by atoms with Crippen molar-refractivity contribution in [3.8, 4) is 5.88 Å². The van der Waals surface area contributed by atoms with Crippen LogP contribution >= 0.6 is 11.3 Å². The second-order valence-corrected chi connectivity index (χ2v) is 4.55. The van der Waals surface area contributed by atoms with E-state index in [0.717, 1.165) is 6.42 Å². The summed E-state index contributed by atoms with van der Waals surface area (Å²) in [5.41, 5.74) is 1.88. The smallest absolute Gasteiger partial charge is 0.224 e. The molecule has 4 nitrogen and oxygen atoms in total. The summed E-state index contributed by atoms with van der Waals surface area (Å²) in [6.07, 6.45) is 2.82. The zero-order valence-corrected chi connectivity index (χ0v) is 10.9. The summed E-state index contributed by atoms with van der Waals surface area (Å²) < 4.78 is 4.95. The predicted molar refractivity (Wildman–Crippen MR) is 72.1 cm³/mol. The fraction of sp³-hybridized carbons (Fsp3) is 0.231.